The largest absolute Gasteiger partial charge is 0.352 e. The number of carbonyl (C=O) groups excluding carboxylic acids is 2. The quantitative estimate of drug-likeness (QED) is 0.736. The van der Waals surface area contributed by atoms with E-state index in [2.05, 4.69) is 5.32 Å². The van der Waals surface area contributed by atoms with Crippen molar-refractivity contribution in [1.29, 1.82) is 0 Å². The van der Waals surface area contributed by atoms with Gasteiger partial charge in [-0.05, 0) is 37.6 Å². The summed E-state index contributed by atoms with van der Waals surface area (Å²) in [5, 5.41) is 4.79. The number of amides is 2. The third-order valence-corrected chi connectivity index (χ3v) is 5.28. The van der Waals surface area contributed by atoms with Gasteiger partial charge in [0.15, 0.2) is 0 Å². The van der Waals surface area contributed by atoms with Crippen LogP contribution in [0.15, 0.2) is 34.7 Å². The summed E-state index contributed by atoms with van der Waals surface area (Å²) in [6.45, 7) is 8.87. The van der Waals surface area contributed by atoms with Crippen LogP contribution in [0.3, 0.4) is 0 Å². The summed E-state index contributed by atoms with van der Waals surface area (Å²) in [5.41, 5.74) is -0.488. The molecule has 0 bridgehead atoms. The van der Waals surface area contributed by atoms with Crippen LogP contribution in [-0.2, 0) is 6.42 Å². The molecule has 0 unspecified atom stereocenters. The van der Waals surface area contributed by atoms with E-state index in [0.29, 0.717) is 19.5 Å². The molecule has 0 aliphatic heterocycles. The first-order valence-electron chi connectivity index (χ1n) is 9.52. The van der Waals surface area contributed by atoms with Crippen LogP contribution in [0.25, 0.3) is 0 Å². The maximum Gasteiger partial charge on any atom is 0.259 e. The number of pyridine rings is 1. The Kier molecular flexibility index (Phi) is 7.57. The summed E-state index contributed by atoms with van der Waals surface area (Å²) in [4.78, 5) is 41.0. The summed E-state index contributed by atoms with van der Waals surface area (Å²) >= 11 is 1.63. The van der Waals surface area contributed by atoms with Crippen molar-refractivity contribution < 1.29 is 9.59 Å². The van der Waals surface area contributed by atoms with E-state index < -0.39 is 11.3 Å². The molecule has 2 amide bonds. The smallest absolute Gasteiger partial charge is 0.259 e. The zero-order valence-electron chi connectivity index (χ0n) is 17.2. The van der Waals surface area contributed by atoms with Gasteiger partial charge in [0.05, 0.1) is 0 Å². The molecule has 0 aliphatic rings. The highest BCUT2D eigenvalue weighted by atomic mass is 32.1. The SMILES string of the molecule is CC(C)CN(C)C(=O)c1cn(C(C)C)cc(C(=O)NCCc2cccs2)c1=O. The van der Waals surface area contributed by atoms with Crippen LogP contribution in [0.1, 0.15) is 59.3 Å². The van der Waals surface area contributed by atoms with Gasteiger partial charge in [0.2, 0.25) is 5.43 Å². The van der Waals surface area contributed by atoms with Crippen LogP contribution in [0.2, 0.25) is 0 Å². The van der Waals surface area contributed by atoms with Crippen molar-refractivity contribution in [3.8, 4) is 0 Å². The number of aromatic nitrogens is 1. The van der Waals surface area contributed by atoms with E-state index in [1.165, 1.54) is 16.0 Å². The molecule has 2 rings (SSSR count). The predicted molar refractivity (Wildman–Crippen MR) is 113 cm³/mol. The maximum absolute atomic E-state index is 12.9. The van der Waals surface area contributed by atoms with Crippen molar-refractivity contribution in [2.45, 2.75) is 40.2 Å². The Balaban J connectivity index is 2.27. The third-order valence-electron chi connectivity index (χ3n) is 4.34. The molecule has 0 radical (unpaired) electrons. The van der Waals surface area contributed by atoms with Gasteiger partial charge in [-0.3, -0.25) is 14.4 Å². The number of rotatable bonds is 8. The van der Waals surface area contributed by atoms with Gasteiger partial charge in [-0.25, -0.2) is 0 Å². The Labute approximate surface area is 170 Å². The minimum absolute atomic E-state index is 0.00340. The number of hydrogen-bond acceptors (Lipinski definition) is 4. The fourth-order valence-electron chi connectivity index (χ4n) is 2.90. The van der Waals surface area contributed by atoms with Crippen molar-refractivity contribution in [1.82, 2.24) is 14.8 Å². The first-order valence-corrected chi connectivity index (χ1v) is 10.4. The van der Waals surface area contributed by atoms with Gasteiger partial charge >= 0.3 is 0 Å². The minimum Gasteiger partial charge on any atom is -0.352 e. The lowest BCUT2D eigenvalue weighted by molar-refractivity contribution is 0.0777. The minimum atomic E-state index is -0.522. The molecule has 0 spiro atoms. The molecule has 0 aliphatic carbocycles. The van der Waals surface area contributed by atoms with Crippen molar-refractivity contribution in [2.75, 3.05) is 20.1 Å². The van der Waals surface area contributed by atoms with E-state index in [9.17, 15) is 14.4 Å². The summed E-state index contributed by atoms with van der Waals surface area (Å²) < 4.78 is 1.74. The Morgan fingerprint density at radius 2 is 1.86 bits per heavy atom. The topological polar surface area (TPSA) is 71.4 Å². The van der Waals surface area contributed by atoms with E-state index in [0.717, 1.165) is 0 Å². The van der Waals surface area contributed by atoms with E-state index in [4.69, 9.17) is 0 Å². The fourth-order valence-corrected chi connectivity index (χ4v) is 3.60. The van der Waals surface area contributed by atoms with E-state index in [1.54, 1.807) is 29.1 Å². The van der Waals surface area contributed by atoms with Crippen molar-refractivity contribution in [3.63, 3.8) is 0 Å². The summed E-state index contributed by atoms with van der Waals surface area (Å²) in [7, 11) is 1.68. The molecule has 152 valence electrons. The van der Waals surface area contributed by atoms with Gasteiger partial charge in [-0.1, -0.05) is 19.9 Å². The van der Waals surface area contributed by atoms with Gasteiger partial charge in [-0.2, -0.15) is 0 Å². The maximum atomic E-state index is 12.9. The van der Waals surface area contributed by atoms with Gasteiger partial charge in [-0.15, -0.1) is 11.3 Å². The van der Waals surface area contributed by atoms with Crippen LogP contribution in [0.5, 0.6) is 0 Å². The molecular weight excluding hydrogens is 374 g/mol. The van der Waals surface area contributed by atoms with E-state index in [1.807, 2.05) is 45.2 Å². The molecule has 2 aromatic heterocycles. The molecular formula is C21H29N3O3S. The Morgan fingerprint density at radius 3 is 2.43 bits per heavy atom. The second kappa shape index (κ2) is 9.68. The highest BCUT2D eigenvalue weighted by Crippen LogP contribution is 2.11. The molecule has 2 aromatic rings. The first kappa shape index (κ1) is 21.9. The van der Waals surface area contributed by atoms with Crippen LogP contribution in [0, 0.1) is 5.92 Å². The molecule has 0 saturated carbocycles. The second-order valence-electron chi connectivity index (χ2n) is 7.62. The molecule has 28 heavy (non-hydrogen) atoms. The highest BCUT2D eigenvalue weighted by Gasteiger charge is 2.22. The molecule has 1 N–H and O–H groups in total. The van der Waals surface area contributed by atoms with E-state index in [-0.39, 0.29) is 29.0 Å². The van der Waals surface area contributed by atoms with Gasteiger partial charge < -0.3 is 14.8 Å². The number of nitrogens with zero attached hydrogens (tertiary/aromatic N) is 2. The van der Waals surface area contributed by atoms with Crippen LogP contribution < -0.4 is 10.7 Å². The lowest BCUT2D eigenvalue weighted by Crippen LogP contribution is -2.38. The standard InChI is InChI=1S/C21H29N3O3S/c1-14(2)11-23(5)21(27)18-13-24(15(3)4)12-17(19(18)25)20(26)22-9-8-16-7-6-10-28-16/h6-7,10,12-15H,8-9,11H2,1-5H3,(H,22,26). The average molecular weight is 404 g/mol. The number of nitrogens with one attached hydrogen (secondary N) is 1. The second-order valence-corrected chi connectivity index (χ2v) is 8.65. The van der Waals surface area contributed by atoms with Crippen molar-refractivity contribution >= 4 is 23.2 Å². The zero-order valence-corrected chi connectivity index (χ0v) is 18.0. The van der Waals surface area contributed by atoms with Crippen molar-refractivity contribution in [2.24, 2.45) is 5.92 Å². The highest BCUT2D eigenvalue weighted by molar-refractivity contribution is 7.09. The van der Waals surface area contributed by atoms with Gasteiger partial charge in [0.1, 0.15) is 11.1 Å². The third kappa shape index (κ3) is 5.55. The molecule has 7 heteroatoms. The Hall–Kier alpha value is -2.41. The molecule has 6 nitrogen and oxygen atoms in total. The summed E-state index contributed by atoms with van der Waals surface area (Å²) in [5.74, 6) is -0.525. The molecule has 2 heterocycles. The fraction of sp³-hybridized carbons (Fsp3) is 0.476. The molecule has 0 atom stereocenters. The number of hydrogen-bond donors (Lipinski definition) is 1. The molecule has 0 aromatic carbocycles. The average Bonchev–Trinajstić information content (AvgIpc) is 3.13. The van der Waals surface area contributed by atoms with Crippen LogP contribution in [0.4, 0.5) is 0 Å². The zero-order chi connectivity index (χ0) is 20.8. The Bertz CT molecular complexity index is 870. The van der Waals surface area contributed by atoms with Gasteiger partial charge in [0, 0.05) is 43.4 Å². The monoisotopic (exact) mass is 403 g/mol. The van der Waals surface area contributed by atoms with Gasteiger partial charge in [0.25, 0.3) is 11.8 Å². The van der Waals surface area contributed by atoms with Crippen LogP contribution in [-0.4, -0.2) is 41.4 Å². The van der Waals surface area contributed by atoms with E-state index >= 15 is 0 Å². The predicted octanol–water partition coefficient (Wildman–Crippen LogP) is 3.19. The molecule has 0 fully saturated rings. The normalized spacial score (nSPS) is 11.1. The lowest BCUT2D eigenvalue weighted by atomic mass is 10.1. The van der Waals surface area contributed by atoms with Crippen molar-refractivity contribution in [3.05, 3.63) is 56.1 Å². The van der Waals surface area contributed by atoms with Crippen LogP contribution >= 0.6 is 11.3 Å². The summed E-state index contributed by atoms with van der Waals surface area (Å²) in [6, 6.07) is 3.98. The summed E-state index contributed by atoms with van der Waals surface area (Å²) in [6.07, 6.45) is 3.79. The Morgan fingerprint density at radius 1 is 1.18 bits per heavy atom. The lowest BCUT2D eigenvalue weighted by Gasteiger charge is -2.21. The molecule has 0 saturated heterocycles. The number of thiophene rings is 1. The first-order chi connectivity index (χ1) is 13.2. The number of carbonyl (C=O) groups is 2.